The summed E-state index contributed by atoms with van der Waals surface area (Å²) in [6, 6.07) is 6.46. The van der Waals surface area contributed by atoms with Crippen molar-refractivity contribution in [3.63, 3.8) is 0 Å². The number of hydrogen-bond donors (Lipinski definition) is 1. The SMILES string of the molecule is CS(=O)(=O)c1ccc(C(=O)N[C@@H]2CC[C@H]3CCCC[C@@H]3C2)cc1. The van der Waals surface area contributed by atoms with Crippen LogP contribution in [0.1, 0.15) is 55.3 Å². The highest BCUT2D eigenvalue weighted by atomic mass is 32.2. The van der Waals surface area contributed by atoms with Crippen molar-refractivity contribution in [1.29, 1.82) is 0 Å². The van der Waals surface area contributed by atoms with E-state index < -0.39 is 9.84 Å². The molecule has 2 fully saturated rings. The Bertz CT molecular complexity index is 666. The van der Waals surface area contributed by atoms with Gasteiger partial charge in [0.1, 0.15) is 0 Å². The van der Waals surface area contributed by atoms with Crippen molar-refractivity contribution in [1.82, 2.24) is 5.32 Å². The fourth-order valence-corrected chi connectivity index (χ4v) is 4.76. The first-order valence-corrected chi connectivity index (χ1v) is 10.4. The van der Waals surface area contributed by atoms with E-state index in [-0.39, 0.29) is 16.8 Å². The first kappa shape index (κ1) is 16.5. The van der Waals surface area contributed by atoms with Gasteiger partial charge in [-0.25, -0.2) is 8.42 Å². The molecule has 1 aromatic carbocycles. The topological polar surface area (TPSA) is 63.2 Å². The van der Waals surface area contributed by atoms with Crippen LogP contribution in [0.4, 0.5) is 0 Å². The zero-order valence-corrected chi connectivity index (χ0v) is 14.4. The number of amides is 1. The second kappa shape index (κ2) is 6.63. The number of carbonyl (C=O) groups excluding carboxylic acids is 1. The lowest BCUT2D eigenvalue weighted by molar-refractivity contribution is 0.0879. The zero-order chi connectivity index (χ0) is 16.4. The average Bonchev–Trinajstić information content (AvgIpc) is 2.54. The number of fused-ring (bicyclic) bond motifs is 1. The van der Waals surface area contributed by atoms with Gasteiger partial charge in [-0.05, 0) is 55.4 Å². The highest BCUT2D eigenvalue weighted by Gasteiger charge is 2.32. The van der Waals surface area contributed by atoms with Crippen molar-refractivity contribution in [3.05, 3.63) is 29.8 Å². The summed E-state index contributed by atoms with van der Waals surface area (Å²) in [5.74, 6) is 1.55. The van der Waals surface area contributed by atoms with E-state index >= 15 is 0 Å². The van der Waals surface area contributed by atoms with Crippen LogP contribution in [-0.4, -0.2) is 26.6 Å². The molecule has 3 rings (SSSR count). The molecule has 0 spiro atoms. The Morgan fingerprint density at radius 1 is 1.00 bits per heavy atom. The van der Waals surface area contributed by atoms with Gasteiger partial charge in [0.2, 0.25) is 0 Å². The first-order chi connectivity index (χ1) is 10.9. The molecule has 126 valence electrons. The molecule has 1 N–H and O–H groups in total. The van der Waals surface area contributed by atoms with Crippen molar-refractivity contribution in [2.45, 2.75) is 55.9 Å². The Kier molecular flexibility index (Phi) is 4.76. The molecule has 23 heavy (non-hydrogen) atoms. The van der Waals surface area contributed by atoms with Gasteiger partial charge >= 0.3 is 0 Å². The fourth-order valence-electron chi connectivity index (χ4n) is 4.13. The number of nitrogens with one attached hydrogen (secondary N) is 1. The number of rotatable bonds is 3. The van der Waals surface area contributed by atoms with E-state index in [0.717, 1.165) is 24.7 Å². The minimum Gasteiger partial charge on any atom is -0.349 e. The molecule has 3 atom stereocenters. The third kappa shape index (κ3) is 3.94. The van der Waals surface area contributed by atoms with E-state index in [2.05, 4.69) is 5.32 Å². The Labute approximate surface area is 138 Å². The standard InChI is InChI=1S/C18H25NO3S/c1-23(21,22)17-10-7-14(8-11-17)18(20)19-16-9-6-13-4-2-3-5-15(13)12-16/h7-8,10-11,13,15-16H,2-6,9,12H2,1H3,(H,19,20)/t13-,15-,16-/m1/s1. The molecule has 1 amide bonds. The normalized spacial score (nSPS) is 28.0. The monoisotopic (exact) mass is 335 g/mol. The molecule has 0 aliphatic heterocycles. The lowest BCUT2D eigenvalue weighted by Gasteiger charge is -2.39. The third-order valence-electron chi connectivity index (χ3n) is 5.42. The summed E-state index contributed by atoms with van der Waals surface area (Å²) in [7, 11) is -3.22. The van der Waals surface area contributed by atoms with Gasteiger partial charge in [0.15, 0.2) is 9.84 Å². The van der Waals surface area contributed by atoms with Crippen LogP contribution in [0.5, 0.6) is 0 Å². The number of benzene rings is 1. The molecular weight excluding hydrogens is 310 g/mol. The van der Waals surface area contributed by atoms with Crippen LogP contribution >= 0.6 is 0 Å². The highest BCUT2D eigenvalue weighted by Crippen LogP contribution is 2.40. The lowest BCUT2D eigenvalue weighted by atomic mass is 9.69. The molecule has 0 unspecified atom stereocenters. The summed E-state index contributed by atoms with van der Waals surface area (Å²) < 4.78 is 22.9. The van der Waals surface area contributed by atoms with Gasteiger partial charge in [-0.2, -0.15) is 0 Å². The van der Waals surface area contributed by atoms with E-state index in [0.29, 0.717) is 5.56 Å². The Morgan fingerprint density at radius 2 is 1.65 bits per heavy atom. The van der Waals surface area contributed by atoms with Crippen LogP contribution in [0.25, 0.3) is 0 Å². The van der Waals surface area contributed by atoms with Crippen molar-refractivity contribution < 1.29 is 13.2 Å². The molecular formula is C18H25NO3S. The highest BCUT2D eigenvalue weighted by molar-refractivity contribution is 7.90. The van der Waals surface area contributed by atoms with Gasteiger partial charge in [-0.15, -0.1) is 0 Å². The van der Waals surface area contributed by atoms with Crippen molar-refractivity contribution in [2.75, 3.05) is 6.26 Å². The van der Waals surface area contributed by atoms with Gasteiger partial charge < -0.3 is 5.32 Å². The maximum Gasteiger partial charge on any atom is 0.251 e. The summed E-state index contributed by atoms with van der Waals surface area (Å²) >= 11 is 0. The third-order valence-corrected chi connectivity index (χ3v) is 6.55. The van der Waals surface area contributed by atoms with Crippen molar-refractivity contribution in [2.24, 2.45) is 11.8 Å². The molecule has 1 aromatic rings. The van der Waals surface area contributed by atoms with E-state index in [9.17, 15) is 13.2 Å². The molecule has 0 aromatic heterocycles. The van der Waals surface area contributed by atoms with Gasteiger partial charge in [-0.1, -0.05) is 25.7 Å². The van der Waals surface area contributed by atoms with Gasteiger partial charge in [-0.3, -0.25) is 4.79 Å². The Morgan fingerprint density at radius 3 is 2.30 bits per heavy atom. The molecule has 0 heterocycles. The van der Waals surface area contributed by atoms with E-state index in [1.807, 2.05) is 0 Å². The molecule has 0 saturated heterocycles. The summed E-state index contributed by atoms with van der Waals surface area (Å²) in [5, 5.41) is 3.14. The molecule has 2 aliphatic rings. The lowest BCUT2D eigenvalue weighted by Crippen LogP contribution is -2.41. The van der Waals surface area contributed by atoms with Crippen LogP contribution in [0.15, 0.2) is 29.2 Å². The summed E-state index contributed by atoms with van der Waals surface area (Å²) in [6.45, 7) is 0. The van der Waals surface area contributed by atoms with E-state index in [1.54, 1.807) is 12.1 Å². The largest absolute Gasteiger partial charge is 0.349 e. The minimum absolute atomic E-state index is 0.0932. The zero-order valence-electron chi connectivity index (χ0n) is 13.6. The van der Waals surface area contributed by atoms with Crippen LogP contribution in [0.2, 0.25) is 0 Å². The van der Waals surface area contributed by atoms with Crippen molar-refractivity contribution >= 4 is 15.7 Å². The first-order valence-electron chi connectivity index (χ1n) is 8.54. The molecule has 0 bridgehead atoms. The predicted molar refractivity (Wildman–Crippen MR) is 90.1 cm³/mol. The summed E-state index contributed by atoms with van der Waals surface area (Å²) in [5.41, 5.74) is 0.531. The molecule has 0 radical (unpaired) electrons. The van der Waals surface area contributed by atoms with Gasteiger partial charge in [0.25, 0.3) is 5.91 Å². The summed E-state index contributed by atoms with van der Waals surface area (Å²) in [4.78, 5) is 12.6. The molecule has 2 saturated carbocycles. The van der Waals surface area contributed by atoms with Gasteiger partial charge in [0, 0.05) is 17.9 Å². The van der Waals surface area contributed by atoms with Gasteiger partial charge in [0.05, 0.1) is 4.90 Å². The number of carbonyl (C=O) groups is 1. The second-order valence-corrected chi connectivity index (χ2v) is 9.10. The number of hydrogen-bond acceptors (Lipinski definition) is 3. The summed E-state index contributed by atoms with van der Waals surface area (Å²) in [6.07, 6.45) is 9.91. The smallest absolute Gasteiger partial charge is 0.251 e. The maximum absolute atomic E-state index is 12.4. The molecule has 5 heteroatoms. The van der Waals surface area contributed by atoms with Crippen LogP contribution in [-0.2, 0) is 9.84 Å². The van der Waals surface area contributed by atoms with E-state index in [1.165, 1.54) is 50.5 Å². The quantitative estimate of drug-likeness (QED) is 0.923. The molecule has 4 nitrogen and oxygen atoms in total. The molecule has 2 aliphatic carbocycles. The van der Waals surface area contributed by atoms with E-state index in [4.69, 9.17) is 0 Å². The van der Waals surface area contributed by atoms with Crippen LogP contribution < -0.4 is 5.32 Å². The van der Waals surface area contributed by atoms with Crippen LogP contribution in [0, 0.1) is 11.8 Å². The second-order valence-electron chi connectivity index (χ2n) is 7.08. The Hall–Kier alpha value is -1.36. The average molecular weight is 335 g/mol. The fraction of sp³-hybridized carbons (Fsp3) is 0.611. The Balaban J connectivity index is 1.61. The number of sulfone groups is 1. The minimum atomic E-state index is -3.22. The maximum atomic E-state index is 12.4. The van der Waals surface area contributed by atoms with Crippen LogP contribution in [0.3, 0.4) is 0 Å². The predicted octanol–water partition coefficient (Wildman–Crippen LogP) is 3.18. The van der Waals surface area contributed by atoms with Crippen molar-refractivity contribution in [3.8, 4) is 0 Å².